The van der Waals surface area contributed by atoms with E-state index in [-0.39, 0.29) is 11.8 Å². The zero-order valence-corrected chi connectivity index (χ0v) is 7.89. The molecule has 0 aliphatic heterocycles. The lowest BCUT2D eigenvalue weighted by Crippen LogP contribution is -2.31. The van der Waals surface area contributed by atoms with Crippen molar-refractivity contribution in [2.45, 2.75) is 26.7 Å². The molecule has 1 unspecified atom stereocenters. The van der Waals surface area contributed by atoms with E-state index in [4.69, 9.17) is 0 Å². The van der Waals surface area contributed by atoms with Crippen LogP contribution < -0.4 is 5.32 Å². The molecule has 0 spiro atoms. The zero-order valence-electron chi connectivity index (χ0n) is 7.89. The van der Waals surface area contributed by atoms with Gasteiger partial charge < -0.3 is 5.32 Å². The monoisotopic (exact) mass is 167 g/mol. The molecule has 1 rings (SSSR count). The lowest BCUT2D eigenvalue weighted by atomic mass is 10.1. The Morgan fingerprint density at radius 1 is 1.67 bits per heavy atom. The molecule has 0 heterocycles. The molecule has 1 amide bonds. The molecule has 1 N–H and O–H groups in total. The third kappa shape index (κ3) is 2.68. The van der Waals surface area contributed by atoms with Crippen molar-refractivity contribution in [1.82, 2.24) is 5.32 Å². The average Bonchev–Trinajstić information content (AvgIpc) is 2.80. The van der Waals surface area contributed by atoms with E-state index >= 15 is 0 Å². The molecule has 0 saturated heterocycles. The maximum absolute atomic E-state index is 11.4. The number of carbonyl (C=O) groups excluding carboxylic acids is 1. The van der Waals surface area contributed by atoms with Crippen molar-refractivity contribution < 1.29 is 4.79 Å². The first-order chi connectivity index (χ1) is 5.61. The number of hydrogen-bond acceptors (Lipinski definition) is 1. The fourth-order valence-electron chi connectivity index (χ4n) is 1.21. The molecule has 0 aromatic heterocycles. The molecule has 12 heavy (non-hydrogen) atoms. The van der Waals surface area contributed by atoms with Crippen LogP contribution in [0.4, 0.5) is 0 Å². The van der Waals surface area contributed by atoms with Gasteiger partial charge in [-0.3, -0.25) is 4.79 Å². The molecule has 0 aromatic rings. The molecule has 2 heteroatoms. The van der Waals surface area contributed by atoms with Crippen LogP contribution in [0.15, 0.2) is 12.2 Å². The number of amides is 1. The summed E-state index contributed by atoms with van der Waals surface area (Å²) in [5, 5.41) is 2.86. The zero-order chi connectivity index (χ0) is 9.14. The van der Waals surface area contributed by atoms with E-state index < -0.39 is 0 Å². The second kappa shape index (κ2) is 3.74. The summed E-state index contributed by atoms with van der Waals surface area (Å²) in [7, 11) is 0. The maximum atomic E-state index is 11.4. The lowest BCUT2D eigenvalue weighted by Gasteiger charge is -2.10. The van der Waals surface area contributed by atoms with Crippen molar-refractivity contribution in [3.8, 4) is 0 Å². The summed E-state index contributed by atoms with van der Waals surface area (Å²) in [6, 6.07) is 0. The van der Waals surface area contributed by atoms with Crippen molar-refractivity contribution in [1.29, 1.82) is 0 Å². The molecule has 1 fully saturated rings. The van der Waals surface area contributed by atoms with Crippen LogP contribution in [-0.2, 0) is 4.79 Å². The summed E-state index contributed by atoms with van der Waals surface area (Å²) in [5.74, 6) is 1.03. The maximum Gasteiger partial charge on any atom is 0.223 e. The summed E-state index contributed by atoms with van der Waals surface area (Å²) >= 11 is 0. The molecule has 1 atom stereocenters. The van der Waals surface area contributed by atoms with Crippen LogP contribution in [0.3, 0.4) is 0 Å². The van der Waals surface area contributed by atoms with Crippen molar-refractivity contribution in [2.75, 3.05) is 6.54 Å². The Kier molecular flexibility index (Phi) is 2.90. The topological polar surface area (TPSA) is 29.1 Å². The third-order valence-corrected chi connectivity index (χ3v) is 2.31. The molecular formula is C10H17NO. The van der Waals surface area contributed by atoms with E-state index in [1.807, 2.05) is 13.8 Å². The van der Waals surface area contributed by atoms with Gasteiger partial charge in [-0.25, -0.2) is 0 Å². The molecule has 0 radical (unpaired) electrons. The Morgan fingerprint density at radius 3 is 2.67 bits per heavy atom. The fraction of sp³-hybridized carbons (Fsp3) is 0.700. The van der Waals surface area contributed by atoms with Crippen LogP contribution in [0.2, 0.25) is 0 Å². The molecule has 1 saturated carbocycles. The minimum Gasteiger partial charge on any atom is -0.352 e. The van der Waals surface area contributed by atoms with Crippen molar-refractivity contribution >= 4 is 5.91 Å². The Morgan fingerprint density at radius 2 is 2.25 bits per heavy atom. The van der Waals surface area contributed by atoms with Crippen LogP contribution >= 0.6 is 0 Å². The first-order valence-electron chi connectivity index (χ1n) is 4.53. The van der Waals surface area contributed by atoms with Gasteiger partial charge in [0, 0.05) is 12.5 Å². The first-order valence-corrected chi connectivity index (χ1v) is 4.53. The summed E-state index contributed by atoms with van der Waals surface area (Å²) in [4.78, 5) is 11.4. The SMILES string of the molecule is C=C(C)CNC(=O)C(C)C1CC1. The van der Waals surface area contributed by atoms with Gasteiger partial charge in [-0.05, 0) is 25.7 Å². The van der Waals surface area contributed by atoms with Crippen LogP contribution in [0, 0.1) is 11.8 Å². The highest BCUT2D eigenvalue weighted by Crippen LogP contribution is 2.36. The quantitative estimate of drug-likeness (QED) is 0.635. The van der Waals surface area contributed by atoms with Gasteiger partial charge in [-0.2, -0.15) is 0 Å². The van der Waals surface area contributed by atoms with E-state index in [9.17, 15) is 4.79 Å². The normalized spacial score (nSPS) is 18.5. The number of carbonyl (C=O) groups is 1. The predicted molar refractivity (Wildman–Crippen MR) is 49.7 cm³/mol. The van der Waals surface area contributed by atoms with Gasteiger partial charge in [0.05, 0.1) is 0 Å². The standard InChI is InChI=1S/C10H17NO/c1-7(2)6-11-10(12)8(3)9-4-5-9/h8-9H,1,4-6H2,2-3H3,(H,11,12). The molecule has 2 nitrogen and oxygen atoms in total. The largest absolute Gasteiger partial charge is 0.352 e. The van der Waals surface area contributed by atoms with E-state index in [1.165, 1.54) is 12.8 Å². The van der Waals surface area contributed by atoms with Gasteiger partial charge in [0.15, 0.2) is 0 Å². The number of hydrogen-bond donors (Lipinski definition) is 1. The lowest BCUT2D eigenvalue weighted by molar-refractivity contribution is -0.124. The fourth-order valence-corrected chi connectivity index (χ4v) is 1.21. The van der Waals surface area contributed by atoms with E-state index in [0.29, 0.717) is 12.5 Å². The number of rotatable bonds is 4. The summed E-state index contributed by atoms with van der Waals surface area (Å²) in [5.41, 5.74) is 1.01. The van der Waals surface area contributed by atoms with Gasteiger partial charge >= 0.3 is 0 Å². The van der Waals surface area contributed by atoms with Gasteiger partial charge in [0.1, 0.15) is 0 Å². The second-order valence-corrected chi connectivity index (χ2v) is 3.80. The van der Waals surface area contributed by atoms with Gasteiger partial charge in [0.2, 0.25) is 5.91 Å². The van der Waals surface area contributed by atoms with Crippen molar-refractivity contribution in [3.63, 3.8) is 0 Å². The highest BCUT2D eigenvalue weighted by molar-refractivity contribution is 5.79. The average molecular weight is 167 g/mol. The van der Waals surface area contributed by atoms with Crippen LogP contribution in [0.1, 0.15) is 26.7 Å². The molecule has 0 aromatic carbocycles. The molecule has 1 aliphatic rings. The smallest absolute Gasteiger partial charge is 0.223 e. The Bertz CT molecular complexity index is 194. The molecule has 1 aliphatic carbocycles. The van der Waals surface area contributed by atoms with E-state index in [0.717, 1.165) is 5.57 Å². The summed E-state index contributed by atoms with van der Waals surface area (Å²) in [6.07, 6.45) is 2.45. The molecule has 68 valence electrons. The minimum absolute atomic E-state index is 0.181. The molecule has 0 bridgehead atoms. The van der Waals surface area contributed by atoms with Gasteiger partial charge in [-0.1, -0.05) is 19.1 Å². The van der Waals surface area contributed by atoms with Gasteiger partial charge in [-0.15, -0.1) is 0 Å². The summed E-state index contributed by atoms with van der Waals surface area (Å²) in [6.45, 7) is 8.28. The number of nitrogens with one attached hydrogen (secondary N) is 1. The second-order valence-electron chi connectivity index (χ2n) is 3.80. The van der Waals surface area contributed by atoms with Crippen molar-refractivity contribution in [3.05, 3.63) is 12.2 Å². The predicted octanol–water partition coefficient (Wildman–Crippen LogP) is 1.72. The van der Waals surface area contributed by atoms with Crippen molar-refractivity contribution in [2.24, 2.45) is 11.8 Å². The van der Waals surface area contributed by atoms with Crippen LogP contribution in [0.25, 0.3) is 0 Å². The minimum atomic E-state index is 0.181. The molecular weight excluding hydrogens is 150 g/mol. The third-order valence-electron chi connectivity index (χ3n) is 2.31. The first kappa shape index (κ1) is 9.30. The van der Waals surface area contributed by atoms with Crippen LogP contribution in [0.5, 0.6) is 0 Å². The highest BCUT2D eigenvalue weighted by atomic mass is 16.1. The Balaban J connectivity index is 2.22. The van der Waals surface area contributed by atoms with E-state index in [2.05, 4.69) is 11.9 Å². The summed E-state index contributed by atoms with van der Waals surface area (Å²) < 4.78 is 0. The van der Waals surface area contributed by atoms with E-state index in [1.54, 1.807) is 0 Å². The Hall–Kier alpha value is -0.790. The van der Waals surface area contributed by atoms with Crippen LogP contribution in [-0.4, -0.2) is 12.5 Å². The highest BCUT2D eigenvalue weighted by Gasteiger charge is 2.32. The Labute approximate surface area is 74.0 Å². The van der Waals surface area contributed by atoms with Gasteiger partial charge in [0.25, 0.3) is 0 Å².